The highest BCUT2D eigenvalue weighted by Gasteiger charge is 2.31. The molecule has 1 heterocycles. The van der Waals surface area contributed by atoms with Crippen LogP contribution in [0.2, 0.25) is 0 Å². The van der Waals surface area contributed by atoms with Gasteiger partial charge >= 0.3 is 6.18 Å². The predicted octanol–water partition coefficient (Wildman–Crippen LogP) is 3.55. The number of ether oxygens (including phenoxy) is 2. The highest BCUT2D eigenvalue weighted by atomic mass is 19.4. The first kappa shape index (κ1) is 19.2. The van der Waals surface area contributed by atoms with Crippen LogP contribution in [0.25, 0.3) is 0 Å². The van der Waals surface area contributed by atoms with E-state index in [1.54, 1.807) is 4.90 Å². The van der Waals surface area contributed by atoms with E-state index in [2.05, 4.69) is 0 Å². The Bertz CT molecular complexity index is 765. The monoisotopic (exact) mass is 379 g/mol. The van der Waals surface area contributed by atoms with Crippen LogP contribution in [0.5, 0.6) is 5.75 Å². The fourth-order valence-corrected chi connectivity index (χ4v) is 2.88. The zero-order valence-electron chi connectivity index (χ0n) is 14.6. The predicted molar refractivity (Wildman–Crippen MR) is 93.4 cm³/mol. The molecule has 3 rings (SSSR count). The van der Waals surface area contributed by atoms with Crippen molar-refractivity contribution in [1.82, 2.24) is 4.90 Å². The van der Waals surface area contributed by atoms with Gasteiger partial charge in [-0.25, -0.2) is 0 Å². The SMILES string of the molecule is O=C(Cc1ccccc1)N1CCO[C@H](COc2cccc(C(F)(F)F)c2)C1. The standard InChI is InChI=1S/C20H20F3NO3/c21-20(22,23)16-7-4-8-17(12-16)27-14-18-13-24(9-10-26-18)19(25)11-15-5-2-1-3-6-15/h1-8,12,18H,9-11,13-14H2/t18-/m0/s1. The van der Waals surface area contributed by atoms with E-state index in [0.29, 0.717) is 26.1 Å². The van der Waals surface area contributed by atoms with Crippen LogP contribution in [0.1, 0.15) is 11.1 Å². The highest BCUT2D eigenvalue weighted by molar-refractivity contribution is 5.78. The molecule has 0 aromatic heterocycles. The summed E-state index contributed by atoms with van der Waals surface area (Å²) in [6, 6.07) is 14.2. The second kappa shape index (κ2) is 8.43. The second-order valence-corrected chi connectivity index (χ2v) is 6.33. The maximum absolute atomic E-state index is 12.8. The third-order valence-electron chi connectivity index (χ3n) is 4.29. The van der Waals surface area contributed by atoms with E-state index < -0.39 is 11.7 Å². The Morgan fingerprint density at radius 2 is 1.93 bits per heavy atom. The van der Waals surface area contributed by atoms with Gasteiger partial charge in [-0.15, -0.1) is 0 Å². The lowest BCUT2D eigenvalue weighted by Crippen LogP contribution is -2.48. The number of carbonyl (C=O) groups excluding carboxylic acids is 1. The number of rotatable bonds is 5. The van der Waals surface area contributed by atoms with Crippen LogP contribution >= 0.6 is 0 Å². The van der Waals surface area contributed by atoms with Crippen LogP contribution in [0, 0.1) is 0 Å². The molecule has 1 atom stereocenters. The van der Waals surface area contributed by atoms with Crippen molar-refractivity contribution in [3.63, 3.8) is 0 Å². The number of halogens is 3. The Balaban J connectivity index is 1.53. The van der Waals surface area contributed by atoms with E-state index in [9.17, 15) is 18.0 Å². The molecule has 144 valence electrons. The van der Waals surface area contributed by atoms with Gasteiger partial charge < -0.3 is 14.4 Å². The Hall–Kier alpha value is -2.54. The fraction of sp³-hybridized carbons (Fsp3) is 0.350. The summed E-state index contributed by atoms with van der Waals surface area (Å²) in [5.74, 6) is 0.120. The van der Waals surface area contributed by atoms with Crippen molar-refractivity contribution in [3.05, 3.63) is 65.7 Å². The molecule has 27 heavy (non-hydrogen) atoms. The summed E-state index contributed by atoms with van der Waals surface area (Å²) in [5.41, 5.74) is 0.176. The first-order valence-corrected chi connectivity index (χ1v) is 8.65. The van der Waals surface area contributed by atoms with E-state index in [4.69, 9.17) is 9.47 Å². The molecule has 4 nitrogen and oxygen atoms in total. The molecule has 0 aliphatic carbocycles. The highest BCUT2D eigenvalue weighted by Crippen LogP contribution is 2.31. The van der Waals surface area contributed by atoms with Crippen molar-refractivity contribution in [3.8, 4) is 5.75 Å². The minimum absolute atomic E-state index is 0.00595. The number of hydrogen-bond donors (Lipinski definition) is 0. The summed E-state index contributed by atoms with van der Waals surface area (Å²) in [6.07, 6.45) is -4.49. The molecule has 1 amide bonds. The average Bonchev–Trinajstić information content (AvgIpc) is 2.67. The molecule has 0 N–H and O–H groups in total. The lowest BCUT2D eigenvalue weighted by atomic mass is 10.1. The molecular formula is C20H20F3NO3. The van der Waals surface area contributed by atoms with Crippen LogP contribution in [-0.2, 0) is 22.1 Å². The molecule has 0 saturated carbocycles. The van der Waals surface area contributed by atoms with Gasteiger partial charge in [-0.05, 0) is 23.8 Å². The summed E-state index contributed by atoms with van der Waals surface area (Å²) < 4.78 is 49.3. The van der Waals surface area contributed by atoms with Crippen LogP contribution in [0.3, 0.4) is 0 Å². The Morgan fingerprint density at radius 1 is 1.15 bits per heavy atom. The van der Waals surface area contributed by atoms with E-state index in [0.717, 1.165) is 17.7 Å². The Kier molecular flexibility index (Phi) is 6.01. The Labute approximate surface area is 155 Å². The number of hydrogen-bond acceptors (Lipinski definition) is 3. The van der Waals surface area contributed by atoms with Crippen molar-refractivity contribution in [2.24, 2.45) is 0 Å². The van der Waals surface area contributed by atoms with Crippen LogP contribution in [0.4, 0.5) is 13.2 Å². The fourth-order valence-electron chi connectivity index (χ4n) is 2.88. The molecule has 0 radical (unpaired) electrons. The molecule has 1 aliphatic heterocycles. The van der Waals surface area contributed by atoms with Crippen molar-refractivity contribution in [2.75, 3.05) is 26.3 Å². The quantitative estimate of drug-likeness (QED) is 0.798. The van der Waals surface area contributed by atoms with E-state index in [1.165, 1.54) is 12.1 Å². The van der Waals surface area contributed by atoms with Gasteiger partial charge in [-0.1, -0.05) is 36.4 Å². The summed E-state index contributed by atoms with van der Waals surface area (Å²) in [5, 5.41) is 0. The maximum atomic E-state index is 12.8. The molecule has 1 aliphatic rings. The first-order chi connectivity index (χ1) is 12.9. The molecule has 2 aromatic carbocycles. The topological polar surface area (TPSA) is 38.8 Å². The molecule has 0 unspecified atom stereocenters. The summed E-state index contributed by atoms with van der Waals surface area (Å²) >= 11 is 0. The largest absolute Gasteiger partial charge is 0.491 e. The maximum Gasteiger partial charge on any atom is 0.416 e. The minimum atomic E-state index is -4.42. The van der Waals surface area contributed by atoms with Gasteiger partial charge in [-0.3, -0.25) is 4.79 Å². The van der Waals surface area contributed by atoms with Gasteiger partial charge in [0.25, 0.3) is 0 Å². The van der Waals surface area contributed by atoms with Gasteiger partial charge in [0.1, 0.15) is 18.5 Å². The number of alkyl halides is 3. The first-order valence-electron chi connectivity index (χ1n) is 8.65. The molecule has 2 aromatic rings. The van der Waals surface area contributed by atoms with Crippen molar-refractivity contribution in [1.29, 1.82) is 0 Å². The zero-order chi connectivity index (χ0) is 19.3. The van der Waals surface area contributed by atoms with Crippen molar-refractivity contribution < 1.29 is 27.4 Å². The Morgan fingerprint density at radius 3 is 2.67 bits per heavy atom. The lowest BCUT2D eigenvalue weighted by Gasteiger charge is -2.33. The van der Waals surface area contributed by atoms with Gasteiger partial charge in [0.2, 0.25) is 5.91 Å². The molecule has 0 spiro atoms. The lowest BCUT2D eigenvalue weighted by molar-refractivity contribution is -0.139. The third-order valence-corrected chi connectivity index (χ3v) is 4.29. The molecule has 0 bridgehead atoms. The summed E-state index contributed by atoms with van der Waals surface area (Å²) in [4.78, 5) is 14.2. The number of amides is 1. The average molecular weight is 379 g/mol. The summed E-state index contributed by atoms with van der Waals surface area (Å²) in [6.45, 7) is 1.30. The van der Waals surface area contributed by atoms with E-state index in [-0.39, 0.29) is 24.4 Å². The van der Waals surface area contributed by atoms with Gasteiger partial charge in [0.05, 0.1) is 25.1 Å². The minimum Gasteiger partial charge on any atom is -0.491 e. The molecule has 1 fully saturated rings. The van der Waals surface area contributed by atoms with Gasteiger partial charge in [0, 0.05) is 6.54 Å². The van der Waals surface area contributed by atoms with Crippen LogP contribution in [-0.4, -0.2) is 43.2 Å². The third kappa shape index (κ3) is 5.47. The molecule has 7 heteroatoms. The van der Waals surface area contributed by atoms with E-state index in [1.807, 2.05) is 30.3 Å². The number of benzene rings is 2. The van der Waals surface area contributed by atoms with Crippen LogP contribution in [0.15, 0.2) is 54.6 Å². The van der Waals surface area contributed by atoms with Crippen molar-refractivity contribution in [2.45, 2.75) is 18.7 Å². The summed E-state index contributed by atoms with van der Waals surface area (Å²) in [7, 11) is 0. The second-order valence-electron chi connectivity index (χ2n) is 6.33. The molecular weight excluding hydrogens is 359 g/mol. The van der Waals surface area contributed by atoms with E-state index >= 15 is 0 Å². The molecule has 1 saturated heterocycles. The number of nitrogens with zero attached hydrogens (tertiary/aromatic N) is 1. The zero-order valence-corrected chi connectivity index (χ0v) is 14.6. The normalized spacial score (nSPS) is 17.6. The number of carbonyl (C=O) groups is 1. The smallest absolute Gasteiger partial charge is 0.416 e. The van der Waals surface area contributed by atoms with Gasteiger partial charge in [0.15, 0.2) is 0 Å². The number of morpholine rings is 1. The van der Waals surface area contributed by atoms with Gasteiger partial charge in [-0.2, -0.15) is 13.2 Å². The van der Waals surface area contributed by atoms with Crippen molar-refractivity contribution >= 4 is 5.91 Å². The van der Waals surface area contributed by atoms with Crippen LogP contribution < -0.4 is 4.74 Å².